The maximum atomic E-state index is 5.23. The molecule has 4 heteroatoms. The summed E-state index contributed by atoms with van der Waals surface area (Å²) in [5, 5.41) is 0. The third-order valence-corrected chi connectivity index (χ3v) is 3.00. The summed E-state index contributed by atoms with van der Waals surface area (Å²) in [5.74, 6) is 0. The van der Waals surface area contributed by atoms with Crippen LogP contribution in [0.15, 0.2) is 0 Å². The molecule has 0 atom stereocenters. The fourth-order valence-corrected chi connectivity index (χ4v) is 2.00. The van der Waals surface area contributed by atoms with Gasteiger partial charge in [0.1, 0.15) is 0 Å². The Morgan fingerprint density at radius 3 is 2.14 bits per heavy atom. The van der Waals surface area contributed by atoms with Crippen LogP contribution in [-0.4, -0.2) is 63.7 Å². The smallest absolute Gasteiger partial charge is 0.218 e. The molecule has 0 unspecified atom stereocenters. The highest BCUT2D eigenvalue weighted by Crippen LogP contribution is 2.16. The van der Waals surface area contributed by atoms with Gasteiger partial charge in [0.25, 0.3) is 0 Å². The van der Waals surface area contributed by atoms with Crippen molar-refractivity contribution in [3.05, 3.63) is 0 Å². The van der Waals surface area contributed by atoms with E-state index >= 15 is 0 Å². The van der Waals surface area contributed by atoms with E-state index in [1.807, 2.05) is 0 Å². The second kappa shape index (κ2) is 5.66. The first-order chi connectivity index (χ1) is 6.69. The van der Waals surface area contributed by atoms with E-state index in [4.69, 9.17) is 9.47 Å². The average Bonchev–Trinajstić information content (AvgIpc) is 2.20. The van der Waals surface area contributed by atoms with Crippen LogP contribution >= 0.6 is 0 Å². The van der Waals surface area contributed by atoms with Gasteiger partial charge in [-0.05, 0) is 40.0 Å². The Labute approximate surface area is 86.8 Å². The van der Waals surface area contributed by atoms with Crippen LogP contribution in [0.1, 0.15) is 12.8 Å². The van der Waals surface area contributed by atoms with E-state index in [0.717, 1.165) is 13.1 Å². The minimum atomic E-state index is -0.205. The third-order valence-electron chi connectivity index (χ3n) is 3.00. The van der Waals surface area contributed by atoms with Crippen LogP contribution < -0.4 is 0 Å². The van der Waals surface area contributed by atoms with E-state index in [2.05, 4.69) is 23.9 Å². The molecule has 0 aromatic rings. The normalized spacial score (nSPS) is 21.0. The largest absolute Gasteiger partial charge is 0.343 e. The molecule has 1 heterocycles. The SMILES string of the molecule is COC(OC)N(C)C1CCN(C)CC1. The van der Waals surface area contributed by atoms with Crippen molar-refractivity contribution < 1.29 is 9.47 Å². The monoisotopic (exact) mass is 202 g/mol. The van der Waals surface area contributed by atoms with Gasteiger partial charge in [0, 0.05) is 20.3 Å². The molecule has 0 N–H and O–H groups in total. The highest BCUT2D eigenvalue weighted by molar-refractivity contribution is 4.76. The number of nitrogens with zero attached hydrogens (tertiary/aromatic N) is 2. The zero-order chi connectivity index (χ0) is 10.6. The van der Waals surface area contributed by atoms with Crippen LogP contribution in [-0.2, 0) is 9.47 Å². The van der Waals surface area contributed by atoms with Crippen LogP contribution in [0, 0.1) is 0 Å². The van der Waals surface area contributed by atoms with E-state index in [1.165, 1.54) is 12.8 Å². The van der Waals surface area contributed by atoms with Crippen molar-refractivity contribution in [3.8, 4) is 0 Å². The van der Waals surface area contributed by atoms with E-state index in [1.54, 1.807) is 14.2 Å². The molecule has 0 aliphatic carbocycles. The quantitative estimate of drug-likeness (QED) is 0.623. The Hall–Kier alpha value is -0.160. The Morgan fingerprint density at radius 2 is 1.71 bits per heavy atom. The molecule has 14 heavy (non-hydrogen) atoms. The van der Waals surface area contributed by atoms with Crippen molar-refractivity contribution in [1.82, 2.24) is 9.80 Å². The van der Waals surface area contributed by atoms with Gasteiger partial charge in [0.05, 0.1) is 0 Å². The molecule has 0 aromatic carbocycles. The Kier molecular flexibility index (Phi) is 4.81. The van der Waals surface area contributed by atoms with E-state index in [-0.39, 0.29) is 6.41 Å². The van der Waals surface area contributed by atoms with Gasteiger partial charge >= 0.3 is 0 Å². The highest BCUT2D eigenvalue weighted by Gasteiger charge is 2.25. The molecule has 0 amide bonds. The van der Waals surface area contributed by atoms with Gasteiger partial charge in [0.2, 0.25) is 6.41 Å². The van der Waals surface area contributed by atoms with Crippen molar-refractivity contribution >= 4 is 0 Å². The third kappa shape index (κ3) is 2.92. The second-order valence-corrected chi connectivity index (χ2v) is 3.98. The van der Waals surface area contributed by atoms with Gasteiger partial charge in [0.15, 0.2) is 0 Å². The van der Waals surface area contributed by atoms with Crippen LogP contribution in [0.3, 0.4) is 0 Å². The van der Waals surface area contributed by atoms with Gasteiger partial charge in [-0.25, -0.2) is 0 Å². The standard InChI is InChI=1S/C10H22N2O2/c1-11-7-5-9(6-8-11)12(2)10(13-3)14-4/h9-10H,5-8H2,1-4H3. The lowest BCUT2D eigenvalue weighted by Gasteiger charge is -2.37. The van der Waals surface area contributed by atoms with Crippen molar-refractivity contribution in [2.75, 3.05) is 41.4 Å². The van der Waals surface area contributed by atoms with Crippen LogP contribution in [0.4, 0.5) is 0 Å². The maximum Gasteiger partial charge on any atom is 0.218 e. The van der Waals surface area contributed by atoms with E-state index in [0.29, 0.717) is 6.04 Å². The van der Waals surface area contributed by atoms with Crippen molar-refractivity contribution in [3.63, 3.8) is 0 Å². The molecule has 1 aliphatic rings. The lowest BCUT2D eigenvalue weighted by Crippen LogP contribution is -2.47. The van der Waals surface area contributed by atoms with Gasteiger partial charge in [-0.3, -0.25) is 4.90 Å². The Bertz CT molecular complexity index is 154. The van der Waals surface area contributed by atoms with Gasteiger partial charge in [-0.1, -0.05) is 0 Å². The predicted octanol–water partition coefficient (Wildman–Crippen LogP) is 0.589. The summed E-state index contributed by atoms with van der Waals surface area (Å²) in [6.45, 7) is 2.32. The summed E-state index contributed by atoms with van der Waals surface area (Å²) >= 11 is 0. The molecule has 0 saturated carbocycles. The molecule has 0 radical (unpaired) electrons. The zero-order valence-corrected chi connectivity index (χ0v) is 9.69. The molecular weight excluding hydrogens is 180 g/mol. The number of hydrogen-bond donors (Lipinski definition) is 0. The summed E-state index contributed by atoms with van der Waals surface area (Å²) in [5.41, 5.74) is 0. The first-order valence-electron chi connectivity index (χ1n) is 5.15. The Morgan fingerprint density at radius 1 is 1.21 bits per heavy atom. The molecule has 1 fully saturated rings. The maximum absolute atomic E-state index is 5.23. The number of ether oxygens (including phenoxy) is 2. The first kappa shape index (κ1) is 11.9. The van der Waals surface area contributed by atoms with Crippen LogP contribution in [0.5, 0.6) is 0 Å². The summed E-state index contributed by atoms with van der Waals surface area (Å²) in [6, 6.07) is 0.580. The van der Waals surface area contributed by atoms with Gasteiger partial charge in [-0.2, -0.15) is 0 Å². The number of hydrogen-bond acceptors (Lipinski definition) is 4. The van der Waals surface area contributed by atoms with Crippen molar-refractivity contribution in [1.29, 1.82) is 0 Å². The van der Waals surface area contributed by atoms with Crippen molar-refractivity contribution in [2.45, 2.75) is 25.3 Å². The molecule has 0 aromatic heterocycles. The van der Waals surface area contributed by atoms with Crippen molar-refractivity contribution in [2.24, 2.45) is 0 Å². The highest BCUT2D eigenvalue weighted by atomic mass is 16.7. The van der Waals surface area contributed by atoms with E-state index in [9.17, 15) is 0 Å². The molecule has 84 valence electrons. The molecule has 4 nitrogen and oxygen atoms in total. The summed E-state index contributed by atoms with van der Waals surface area (Å²) < 4.78 is 10.5. The minimum Gasteiger partial charge on any atom is -0.343 e. The van der Waals surface area contributed by atoms with Crippen LogP contribution in [0.25, 0.3) is 0 Å². The molecule has 1 rings (SSSR count). The molecule has 0 spiro atoms. The zero-order valence-electron chi connectivity index (χ0n) is 9.69. The summed E-state index contributed by atoms with van der Waals surface area (Å²) in [6.07, 6.45) is 2.18. The summed E-state index contributed by atoms with van der Waals surface area (Å²) in [4.78, 5) is 4.53. The fourth-order valence-electron chi connectivity index (χ4n) is 2.00. The first-order valence-corrected chi connectivity index (χ1v) is 5.15. The average molecular weight is 202 g/mol. The number of likely N-dealkylation sites (tertiary alicyclic amines) is 1. The lowest BCUT2D eigenvalue weighted by atomic mass is 10.0. The summed E-state index contributed by atoms with van der Waals surface area (Å²) in [7, 11) is 7.59. The molecular formula is C10H22N2O2. The number of methoxy groups -OCH3 is 2. The van der Waals surface area contributed by atoms with E-state index < -0.39 is 0 Å². The predicted molar refractivity (Wildman–Crippen MR) is 56.1 cm³/mol. The minimum absolute atomic E-state index is 0.205. The molecule has 1 saturated heterocycles. The molecule has 0 bridgehead atoms. The number of piperidine rings is 1. The second-order valence-electron chi connectivity index (χ2n) is 3.98. The number of rotatable bonds is 4. The lowest BCUT2D eigenvalue weighted by molar-refractivity contribution is -0.202. The topological polar surface area (TPSA) is 24.9 Å². The molecule has 1 aliphatic heterocycles. The van der Waals surface area contributed by atoms with Crippen LogP contribution in [0.2, 0.25) is 0 Å². The van der Waals surface area contributed by atoms with Gasteiger partial charge < -0.3 is 14.4 Å². The Balaban J connectivity index is 2.39. The van der Waals surface area contributed by atoms with Gasteiger partial charge in [-0.15, -0.1) is 0 Å². The fraction of sp³-hybridized carbons (Fsp3) is 1.00.